The lowest BCUT2D eigenvalue weighted by Crippen LogP contribution is -3.00. The van der Waals surface area contributed by atoms with E-state index in [1.165, 1.54) is 0 Å². The number of ether oxygens (including phenoxy) is 1. The number of Topliss-reactive ketones (excluding diaryl/α,β-unsaturated/α-hetero) is 1. The molecular formula is C19H19BrN3O2-. The number of halogens is 1. The van der Waals surface area contributed by atoms with Gasteiger partial charge in [-0.25, -0.2) is 0 Å². The fourth-order valence-electron chi connectivity index (χ4n) is 2.78. The van der Waals surface area contributed by atoms with E-state index in [2.05, 4.69) is 6.58 Å². The fourth-order valence-corrected chi connectivity index (χ4v) is 2.78. The van der Waals surface area contributed by atoms with Gasteiger partial charge >= 0.3 is 0 Å². The smallest absolute Gasteiger partial charge is 0.203 e. The summed E-state index contributed by atoms with van der Waals surface area (Å²) in [7, 11) is 1.59. The third-order valence-electron chi connectivity index (χ3n) is 4.00. The minimum atomic E-state index is -0.0438. The Balaban J connectivity index is 0.00000225. The van der Waals surface area contributed by atoms with Gasteiger partial charge in [0.15, 0.2) is 5.78 Å². The van der Waals surface area contributed by atoms with Crippen LogP contribution in [-0.2, 0) is 13.1 Å². The van der Waals surface area contributed by atoms with Crippen LogP contribution in [0.3, 0.4) is 0 Å². The van der Waals surface area contributed by atoms with Gasteiger partial charge in [-0.2, -0.15) is 0 Å². The number of aromatic nitrogens is 2. The molecule has 0 bridgehead atoms. The largest absolute Gasteiger partial charge is 1.00 e. The van der Waals surface area contributed by atoms with Gasteiger partial charge in [0.05, 0.1) is 24.7 Å². The summed E-state index contributed by atoms with van der Waals surface area (Å²) in [5.74, 6) is 0.667. The van der Waals surface area contributed by atoms with Crippen LogP contribution in [0.2, 0.25) is 0 Å². The molecule has 130 valence electrons. The molecule has 0 radical (unpaired) electrons. The molecule has 0 aliphatic heterocycles. The Kier molecular flexibility index (Phi) is 5.98. The minimum Gasteiger partial charge on any atom is -1.00 e. The van der Waals surface area contributed by atoms with Crippen molar-refractivity contribution in [2.75, 3.05) is 7.11 Å². The van der Waals surface area contributed by atoms with Gasteiger partial charge in [0.1, 0.15) is 5.75 Å². The average Bonchev–Trinajstić information content (AvgIpc) is 2.88. The van der Waals surface area contributed by atoms with Crippen LogP contribution in [0.1, 0.15) is 10.4 Å². The maximum absolute atomic E-state index is 12.6. The van der Waals surface area contributed by atoms with E-state index in [1.54, 1.807) is 42.0 Å². The standard InChI is InChI=1S/C19H19N3O2.BrH/c1-3-12-21-16-6-4-5-7-17(16)22(19(21)20)13-18(23)14-8-10-15(24-2)11-9-14;/h3-11,20H,1,12-13H2,2H3;1H/p-1. The van der Waals surface area contributed by atoms with Crippen molar-refractivity contribution >= 4 is 16.8 Å². The van der Waals surface area contributed by atoms with Crippen molar-refractivity contribution in [1.29, 1.82) is 5.41 Å². The number of nitrogens with one attached hydrogen (secondary N) is 1. The molecule has 25 heavy (non-hydrogen) atoms. The molecule has 0 fully saturated rings. The molecule has 1 aromatic heterocycles. The molecule has 1 N–H and O–H groups in total. The lowest BCUT2D eigenvalue weighted by atomic mass is 10.1. The molecular weight excluding hydrogens is 382 g/mol. The van der Waals surface area contributed by atoms with Gasteiger partial charge in [0.2, 0.25) is 5.62 Å². The Hall–Kier alpha value is -2.60. The minimum absolute atomic E-state index is 0. The molecule has 5 nitrogen and oxygen atoms in total. The number of benzene rings is 2. The maximum atomic E-state index is 12.6. The molecule has 3 aromatic rings. The van der Waals surface area contributed by atoms with Gasteiger partial charge in [0.25, 0.3) is 0 Å². The molecule has 6 heteroatoms. The number of ketones is 1. The second-order valence-electron chi connectivity index (χ2n) is 5.45. The number of imidazole rings is 1. The van der Waals surface area contributed by atoms with Gasteiger partial charge in [-0.3, -0.25) is 10.2 Å². The predicted octanol–water partition coefficient (Wildman–Crippen LogP) is 0.00377. The molecule has 0 saturated heterocycles. The predicted molar refractivity (Wildman–Crippen MR) is 93.3 cm³/mol. The molecule has 0 amide bonds. The number of nitrogens with zero attached hydrogens (tertiary/aromatic N) is 2. The molecule has 0 aliphatic carbocycles. The molecule has 0 aliphatic rings. The van der Waals surface area contributed by atoms with Crippen LogP contribution in [-0.4, -0.2) is 22.0 Å². The molecule has 2 aromatic carbocycles. The van der Waals surface area contributed by atoms with E-state index in [4.69, 9.17) is 10.1 Å². The Morgan fingerprint density at radius 1 is 1.12 bits per heavy atom. The molecule has 0 unspecified atom stereocenters. The number of methoxy groups -OCH3 is 1. The number of carbonyl (C=O) groups is 1. The van der Waals surface area contributed by atoms with Gasteiger partial charge < -0.3 is 30.9 Å². The lowest BCUT2D eigenvalue weighted by Gasteiger charge is -2.05. The number of hydrogen-bond donors (Lipinski definition) is 1. The topological polar surface area (TPSA) is 60.0 Å². The zero-order chi connectivity index (χ0) is 17.1. The van der Waals surface area contributed by atoms with Gasteiger partial charge in [-0.15, -0.1) is 6.58 Å². The fraction of sp³-hybridized carbons (Fsp3) is 0.158. The first-order valence-corrected chi connectivity index (χ1v) is 7.66. The zero-order valence-corrected chi connectivity index (χ0v) is 15.5. The van der Waals surface area contributed by atoms with Crippen LogP contribution in [0, 0.1) is 5.41 Å². The highest BCUT2D eigenvalue weighted by Crippen LogP contribution is 2.15. The number of fused-ring (bicyclic) bond motifs is 1. The van der Waals surface area contributed by atoms with Crippen molar-refractivity contribution < 1.29 is 26.5 Å². The SMILES string of the molecule is C=CCn1c(=N)n(CC(=O)c2ccc(OC)cc2)c2ccccc21.[Br-]. The third-order valence-corrected chi connectivity index (χ3v) is 4.00. The molecule has 3 rings (SSSR count). The highest BCUT2D eigenvalue weighted by molar-refractivity contribution is 5.96. The van der Waals surface area contributed by atoms with Crippen LogP contribution in [0.5, 0.6) is 5.75 Å². The highest BCUT2D eigenvalue weighted by atomic mass is 79.9. The monoisotopic (exact) mass is 400 g/mol. The number of allylic oxidation sites excluding steroid dienone is 1. The number of rotatable bonds is 6. The van der Waals surface area contributed by atoms with Crippen LogP contribution >= 0.6 is 0 Å². The number of carbonyl (C=O) groups excluding carboxylic acids is 1. The quantitative estimate of drug-likeness (QED) is 0.467. The van der Waals surface area contributed by atoms with Crippen molar-refractivity contribution in [2.45, 2.75) is 13.1 Å². The van der Waals surface area contributed by atoms with Gasteiger partial charge in [0, 0.05) is 12.1 Å². The van der Waals surface area contributed by atoms with Crippen LogP contribution in [0.4, 0.5) is 0 Å². The Morgan fingerprint density at radius 2 is 1.72 bits per heavy atom. The van der Waals surface area contributed by atoms with E-state index < -0.39 is 0 Å². The highest BCUT2D eigenvalue weighted by Gasteiger charge is 2.14. The van der Waals surface area contributed by atoms with E-state index in [9.17, 15) is 4.79 Å². The second kappa shape index (κ2) is 7.98. The summed E-state index contributed by atoms with van der Waals surface area (Å²) in [5.41, 5.74) is 2.68. The first-order chi connectivity index (χ1) is 11.7. The van der Waals surface area contributed by atoms with Crippen LogP contribution in [0.25, 0.3) is 11.0 Å². The van der Waals surface area contributed by atoms with Crippen molar-refractivity contribution in [2.24, 2.45) is 0 Å². The third kappa shape index (κ3) is 3.58. The van der Waals surface area contributed by atoms with Crippen molar-refractivity contribution in [1.82, 2.24) is 9.13 Å². The van der Waals surface area contributed by atoms with E-state index in [0.717, 1.165) is 11.0 Å². The Labute approximate surface area is 156 Å². The average molecular weight is 401 g/mol. The summed E-state index contributed by atoms with van der Waals surface area (Å²) in [6.07, 6.45) is 1.75. The van der Waals surface area contributed by atoms with Crippen LogP contribution < -0.4 is 27.3 Å². The van der Waals surface area contributed by atoms with E-state index in [0.29, 0.717) is 17.9 Å². The maximum Gasteiger partial charge on any atom is 0.203 e. The lowest BCUT2D eigenvalue weighted by molar-refractivity contribution is -0.0000133. The Morgan fingerprint density at radius 3 is 2.28 bits per heavy atom. The molecule has 0 spiro atoms. The second-order valence-corrected chi connectivity index (χ2v) is 5.45. The number of hydrogen-bond acceptors (Lipinski definition) is 3. The summed E-state index contributed by atoms with van der Waals surface area (Å²) >= 11 is 0. The summed E-state index contributed by atoms with van der Waals surface area (Å²) in [6.45, 7) is 4.40. The zero-order valence-electron chi connectivity index (χ0n) is 13.9. The van der Waals surface area contributed by atoms with Crippen LogP contribution in [0.15, 0.2) is 61.2 Å². The van der Waals surface area contributed by atoms with Crippen molar-refractivity contribution in [3.8, 4) is 5.75 Å². The van der Waals surface area contributed by atoms with E-state index in [-0.39, 0.29) is 34.9 Å². The van der Waals surface area contributed by atoms with Crippen molar-refractivity contribution in [3.05, 3.63) is 72.4 Å². The molecule has 0 saturated carbocycles. The normalized spacial score (nSPS) is 10.3. The summed E-state index contributed by atoms with van der Waals surface area (Å²) in [6, 6.07) is 14.7. The summed E-state index contributed by atoms with van der Waals surface area (Å²) < 4.78 is 8.68. The Bertz CT molecular complexity index is 955. The molecule has 0 atom stereocenters. The summed E-state index contributed by atoms with van der Waals surface area (Å²) in [5, 5.41) is 8.40. The van der Waals surface area contributed by atoms with Gasteiger partial charge in [-0.05, 0) is 36.4 Å². The number of para-hydroxylation sites is 2. The molecule has 1 heterocycles. The summed E-state index contributed by atoms with van der Waals surface area (Å²) in [4.78, 5) is 12.6. The van der Waals surface area contributed by atoms with Gasteiger partial charge in [-0.1, -0.05) is 18.2 Å². The first-order valence-electron chi connectivity index (χ1n) is 7.66. The van der Waals surface area contributed by atoms with E-state index >= 15 is 0 Å². The van der Waals surface area contributed by atoms with Crippen molar-refractivity contribution in [3.63, 3.8) is 0 Å². The first kappa shape index (κ1) is 18.7. The van der Waals surface area contributed by atoms with E-state index in [1.807, 2.05) is 28.8 Å².